The Morgan fingerprint density at radius 3 is 2.69 bits per heavy atom. The summed E-state index contributed by atoms with van der Waals surface area (Å²) in [6, 6.07) is 0.484. The first kappa shape index (κ1) is 7.42. The molecule has 2 aliphatic carbocycles. The molecule has 0 saturated heterocycles. The number of rotatable bonds is 1. The molecule has 70 valence electrons. The van der Waals surface area contributed by atoms with Crippen molar-refractivity contribution < 1.29 is 0 Å². The molecule has 0 aromatic carbocycles. The second kappa shape index (κ2) is 2.50. The Balaban J connectivity index is 2.07. The van der Waals surface area contributed by atoms with Gasteiger partial charge in [-0.2, -0.15) is 0 Å². The van der Waals surface area contributed by atoms with Crippen LogP contribution in [-0.4, -0.2) is 9.78 Å². The summed E-state index contributed by atoms with van der Waals surface area (Å²) in [5, 5.41) is 3.27. The first-order chi connectivity index (χ1) is 6.36. The van der Waals surface area contributed by atoms with Gasteiger partial charge in [-0.3, -0.25) is 9.89 Å². The zero-order valence-corrected chi connectivity index (χ0v) is 7.68. The van der Waals surface area contributed by atoms with E-state index < -0.39 is 0 Å². The molecule has 0 unspecified atom stereocenters. The molecule has 0 atom stereocenters. The maximum atomic E-state index is 11.8. The first-order valence-electron chi connectivity index (χ1n) is 5.18. The van der Waals surface area contributed by atoms with Crippen molar-refractivity contribution in [2.75, 3.05) is 0 Å². The predicted octanol–water partition coefficient (Wildman–Crippen LogP) is 1.39. The van der Waals surface area contributed by atoms with E-state index >= 15 is 0 Å². The molecule has 1 aromatic rings. The van der Waals surface area contributed by atoms with Crippen molar-refractivity contribution >= 4 is 0 Å². The number of aromatic amines is 1. The number of fused-ring (bicyclic) bond motifs is 1. The molecule has 0 amide bonds. The largest absolute Gasteiger partial charge is 0.299 e. The van der Waals surface area contributed by atoms with Crippen molar-refractivity contribution in [3.63, 3.8) is 0 Å². The maximum Gasteiger partial charge on any atom is 0.270 e. The van der Waals surface area contributed by atoms with Gasteiger partial charge in [0.25, 0.3) is 5.56 Å². The third kappa shape index (κ3) is 0.929. The number of hydrogen-bond donors (Lipinski definition) is 1. The molecule has 0 bridgehead atoms. The van der Waals surface area contributed by atoms with Gasteiger partial charge in [0.15, 0.2) is 0 Å². The smallest absolute Gasteiger partial charge is 0.270 e. The van der Waals surface area contributed by atoms with E-state index in [0.717, 1.165) is 24.8 Å². The average molecular weight is 178 g/mol. The highest BCUT2D eigenvalue weighted by Crippen LogP contribution is 2.30. The molecule has 0 aliphatic heterocycles. The lowest BCUT2D eigenvalue weighted by Crippen LogP contribution is -2.28. The summed E-state index contributed by atoms with van der Waals surface area (Å²) < 4.78 is 1.87. The highest BCUT2D eigenvalue weighted by molar-refractivity contribution is 5.22. The molecule has 0 radical (unpaired) electrons. The zero-order valence-electron chi connectivity index (χ0n) is 7.68. The Morgan fingerprint density at radius 1 is 1.23 bits per heavy atom. The van der Waals surface area contributed by atoms with Crippen LogP contribution >= 0.6 is 0 Å². The number of hydrogen-bond acceptors (Lipinski definition) is 1. The van der Waals surface area contributed by atoms with Crippen LogP contribution in [0.25, 0.3) is 0 Å². The summed E-state index contributed by atoms with van der Waals surface area (Å²) in [7, 11) is 0. The summed E-state index contributed by atoms with van der Waals surface area (Å²) in [6.45, 7) is 0. The standard InChI is InChI=1S/C10H14N2O/c13-10-8-5-2-6-9(8)11-12(10)7-3-1-4-7/h7,11H,1-6H2. The Labute approximate surface area is 76.7 Å². The first-order valence-corrected chi connectivity index (χ1v) is 5.18. The SMILES string of the molecule is O=c1c2c([nH]n1C1CCC1)CCC2. The molecule has 3 rings (SSSR count). The van der Waals surface area contributed by atoms with E-state index in [1.54, 1.807) is 0 Å². The zero-order chi connectivity index (χ0) is 8.84. The highest BCUT2D eigenvalue weighted by atomic mass is 16.1. The van der Waals surface area contributed by atoms with Gasteiger partial charge in [0.2, 0.25) is 0 Å². The molecule has 0 spiro atoms. The lowest BCUT2D eigenvalue weighted by Gasteiger charge is -2.25. The third-order valence-electron chi connectivity index (χ3n) is 3.39. The van der Waals surface area contributed by atoms with E-state index in [2.05, 4.69) is 5.10 Å². The van der Waals surface area contributed by atoms with E-state index in [-0.39, 0.29) is 5.56 Å². The molecular weight excluding hydrogens is 164 g/mol. The van der Waals surface area contributed by atoms with Crippen LogP contribution in [0.5, 0.6) is 0 Å². The Morgan fingerprint density at radius 2 is 2.08 bits per heavy atom. The molecule has 2 aliphatic rings. The second-order valence-corrected chi connectivity index (χ2v) is 4.18. The van der Waals surface area contributed by atoms with Gasteiger partial charge < -0.3 is 0 Å². The highest BCUT2D eigenvalue weighted by Gasteiger charge is 2.26. The summed E-state index contributed by atoms with van der Waals surface area (Å²) in [6.07, 6.45) is 6.86. The fourth-order valence-corrected chi connectivity index (χ4v) is 2.35. The third-order valence-corrected chi connectivity index (χ3v) is 3.39. The molecule has 3 nitrogen and oxygen atoms in total. The second-order valence-electron chi connectivity index (χ2n) is 4.18. The van der Waals surface area contributed by atoms with Crippen LogP contribution in [0.1, 0.15) is 43.0 Å². The summed E-state index contributed by atoms with van der Waals surface area (Å²) in [5.74, 6) is 0. The van der Waals surface area contributed by atoms with Gasteiger partial charge in [0.05, 0.1) is 6.04 Å². The predicted molar refractivity (Wildman–Crippen MR) is 50.0 cm³/mol. The Hall–Kier alpha value is -0.990. The molecule has 13 heavy (non-hydrogen) atoms. The van der Waals surface area contributed by atoms with Crippen molar-refractivity contribution in [2.24, 2.45) is 0 Å². The fraction of sp³-hybridized carbons (Fsp3) is 0.700. The van der Waals surface area contributed by atoms with Crippen LogP contribution in [-0.2, 0) is 12.8 Å². The van der Waals surface area contributed by atoms with Gasteiger partial charge in [-0.1, -0.05) is 0 Å². The number of aromatic nitrogens is 2. The Kier molecular flexibility index (Phi) is 1.43. The van der Waals surface area contributed by atoms with E-state index in [1.165, 1.54) is 25.0 Å². The van der Waals surface area contributed by atoms with Gasteiger partial charge >= 0.3 is 0 Å². The quantitative estimate of drug-likeness (QED) is 0.693. The Bertz CT molecular complexity index is 384. The van der Waals surface area contributed by atoms with Crippen molar-refractivity contribution in [2.45, 2.75) is 44.6 Å². The van der Waals surface area contributed by atoms with Crippen LogP contribution in [0.3, 0.4) is 0 Å². The fourth-order valence-electron chi connectivity index (χ4n) is 2.35. The van der Waals surface area contributed by atoms with Crippen LogP contribution in [0, 0.1) is 0 Å². The number of nitrogens with zero attached hydrogens (tertiary/aromatic N) is 1. The van der Waals surface area contributed by atoms with Crippen molar-refractivity contribution in [3.05, 3.63) is 21.6 Å². The van der Waals surface area contributed by atoms with Gasteiger partial charge in [0.1, 0.15) is 0 Å². The van der Waals surface area contributed by atoms with E-state index in [9.17, 15) is 4.79 Å². The summed E-state index contributed by atoms with van der Waals surface area (Å²) in [5.41, 5.74) is 2.53. The topological polar surface area (TPSA) is 37.8 Å². The van der Waals surface area contributed by atoms with E-state index in [4.69, 9.17) is 0 Å². The monoisotopic (exact) mass is 178 g/mol. The van der Waals surface area contributed by atoms with Crippen molar-refractivity contribution in [1.29, 1.82) is 0 Å². The van der Waals surface area contributed by atoms with E-state index in [1.807, 2.05) is 4.68 Å². The maximum absolute atomic E-state index is 11.8. The van der Waals surface area contributed by atoms with Crippen LogP contribution in [0.15, 0.2) is 4.79 Å². The molecule has 1 N–H and O–H groups in total. The van der Waals surface area contributed by atoms with E-state index in [0.29, 0.717) is 6.04 Å². The molecule has 1 heterocycles. The van der Waals surface area contributed by atoms with Gasteiger partial charge in [-0.05, 0) is 38.5 Å². The van der Waals surface area contributed by atoms with Crippen LogP contribution in [0.2, 0.25) is 0 Å². The normalized spacial score (nSPS) is 21.5. The lowest BCUT2D eigenvalue weighted by atomic mass is 9.93. The summed E-state index contributed by atoms with van der Waals surface area (Å²) >= 11 is 0. The van der Waals surface area contributed by atoms with Crippen molar-refractivity contribution in [1.82, 2.24) is 9.78 Å². The minimum absolute atomic E-state index is 0.261. The van der Waals surface area contributed by atoms with Gasteiger partial charge in [-0.25, -0.2) is 4.68 Å². The minimum atomic E-state index is 0.261. The molecule has 3 heteroatoms. The lowest BCUT2D eigenvalue weighted by molar-refractivity contribution is 0.281. The van der Waals surface area contributed by atoms with Gasteiger partial charge in [-0.15, -0.1) is 0 Å². The number of nitrogens with one attached hydrogen (secondary N) is 1. The molecule has 1 aromatic heterocycles. The average Bonchev–Trinajstić information content (AvgIpc) is 2.54. The summed E-state index contributed by atoms with van der Waals surface area (Å²) in [4.78, 5) is 11.8. The molecule has 1 saturated carbocycles. The number of aryl methyl sites for hydroxylation is 1. The van der Waals surface area contributed by atoms with Crippen LogP contribution < -0.4 is 5.56 Å². The van der Waals surface area contributed by atoms with Gasteiger partial charge in [0, 0.05) is 11.3 Å². The van der Waals surface area contributed by atoms with Crippen molar-refractivity contribution in [3.8, 4) is 0 Å². The minimum Gasteiger partial charge on any atom is -0.299 e. The molecular formula is C10H14N2O. The van der Waals surface area contributed by atoms with Crippen LogP contribution in [0.4, 0.5) is 0 Å². The number of H-pyrrole nitrogens is 1. The molecule has 1 fully saturated rings.